The molecule has 1 nitrogen and oxygen atoms in total. The van der Waals surface area contributed by atoms with Gasteiger partial charge in [0.25, 0.3) is 0 Å². The molecule has 0 N–H and O–H groups in total. The molecule has 10 heavy (non-hydrogen) atoms. The summed E-state index contributed by atoms with van der Waals surface area (Å²) in [6, 6.07) is 0. The fourth-order valence-electron chi connectivity index (χ4n) is 0.390. The number of hydrogen-bond donors (Lipinski definition) is 0. The zero-order valence-electron chi connectivity index (χ0n) is 6.16. The summed E-state index contributed by atoms with van der Waals surface area (Å²) >= 11 is 0. The Morgan fingerprint density at radius 1 is 1.20 bits per heavy atom. The molecule has 0 atom stereocenters. The van der Waals surface area contributed by atoms with E-state index >= 15 is 0 Å². The zero-order valence-corrected chi connectivity index (χ0v) is 6.16. The van der Waals surface area contributed by atoms with E-state index in [9.17, 15) is 0 Å². The first kappa shape index (κ1) is 10.3. The quantitative estimate of drug-likeness (QED) is 0.384. The molecule has 0 aromatic carbocycles. The summed E-state index contributed by atoms with van der Waals surface area (Å²) < 4.78 is 4.93. The van der Waals surface area contributed by atoms with E-state index in [0.717, 1.165) is 0 Å². The van der Waals surface area contributed by atoms with Gasteiger partial charge in [-0.1, -0.05) is 0 Å². The third kappa shape index (κ3) is 8.25. The van der Waals surface area contributed by atoms with Crippen molar-refractivity contribution in [3.63, 3.8) is 0 Å². The topological polar surface area (TPSA) is 9.23 Å². The van der Waals surface area contributed by atoms with Crippen molar-refractivity contribution in [3.05, 3.63) is 0 Å². The molecule has 0 saturated heterocycles. The van der Waals surface area contributed by atoms with Crippen LogP contribution in [0, 0.1) is 0 Å². The summed E-state index contributed by atoms with van der Waals surface area (Å²) in [5, 5.41) is 0. The summed E-state index contributed by atoms with van der Waals surface area (Å²) in [5.74, 6) is 0. The average molecular weight is 121 g/mol. The molecule has 0 heterocycles. The van der Waals surface area contributed by atoms with Gasteiger partial charge in [-0.15, -0.1) is 0 Å². The van der Waals surface area contributed by atoms with Gasteiger partial charge in [0.05, 0.1) is 0 Å². The zero-order chi connectivity index (χ0) is 7.66. The van der Waals surface area contributed by atoms with Gasteiger partial charge in [0.2, 0.25) is 0 Å². The molecule has 0 unspecified atom stereocenters. The molecule has 0 bridgehead atoms. The van der Waals surface area contributed by atoms with Gasteiger partial charge in [0, 0.05) is 0 Å². The van der Waals surface area contributed by atoms with E-state index in [4.69, 9.17) is 12.4 Å². The second kappa shape index (κ2) is 9.25. The van der Waals surface area contributed by atoms with Crippen molar-refractivity contribution in [1.29, 1.82) is 0 Å². The number of rotatable bonds is 4. The van der Waals surface area contributed by atoms with E-state index in [0.29, 0.717) is 6.61 Å². The van der Waals surface area contributed by atoms with E-state index in [2.05, 4.69) is 0 Å². The third-order valence-corrected chi connectivity index (χ3v) is 0.786. The van der Waals surface area contributed by atoms with Crippen LogP contribution in [0.2, 0.25) is 0 Å². The fraction of sp³-hybridized carbons (Fsp3) is 1.00. The second-order valence-corrected chi connectivity index (χ2v) is 1.55. The molecule has 0 spiro atoms. The fourth-order valence-corrected chi connectivity index (χ4v) is 0.390. The normalized spacial score (nSPS) is 7.30. The molecule has 8 heteroatoms. The van der Waals surface area contributed by atoms with Crippen molar-refractivity contribution >= 4 is 48.2 Å². The number of hydrogen-bond acceptors (Lipinski definition) is 1. The van der Waals surface area contributed by atoms with Crippen LogP contribution in [0.1, 0.15) is 6.92 Å². The standard InChI is InChI=1S/C2H5B7O/c1-2-10-9-8-7-6-5-4-3/h2H2,1H3. The van der Waals surface area contributed by atoms with Gasteiger partial charge in [-0.05, 0) is 0 Å². The molecule has 0 saturated carbocycles. The summed E-state index contributed by atoms with van der Waals surface area (Å²) in [6.07, 6.45) is 0. The molecule has 0 amide bonds. The minimum absolute atomic E-state index is 0.705. The summed E-state index contributed by atoms with van der Waals surface area (Å²) in [6.45, 7) is 11.4. The second-order valence-electron chi connectivity index (χ2n) is 1.55. The monoisotopic (exact) mass is 122 g/mol. The van der Waals surface area contributed by atoms with Crippen LogP contribution in [-0.4, -0.2) is 54.8 Å². The Labute approximate surface area is 67.0 Å². The van der Waals surface area contributed by atoms with Crippen LogP contribution in [-0.2, 0) is 4.65 Å². The van der Waals surface area contributed by atoms with E-state index in [1.807, 2.05) is 27.0 Å². The summed E-state index contributed by atoms with van der Waals surface area (Å²) in [7, 11) is 6.72. The first-order chi connectivity index (χ1) is 4.91. The predicted octanol–water partition coefficient (Wildman–Crippen LogP) is -2.18. The Bertz CT molecular complexity index is 139. The molecule has 0 rings (SSSR count). The Morgan fingerprint density at radius 2 is 1.90 bits per heavy atom. The van der Waals surface area contributed by atoms with Crippen molar-refractivity contribution in [2.45, 2.75) is 6.92 Å². The maximum absolute atomic E-state index is 5.08. The Hall–Kier alpha value is 0.255. The van der Waals surface area contributed by atoms with Crippen molar-refractivity contribution < 1.29 is 4.65 Å². The third-order valence-electron chi connectivity index (χ3n) is 0.786. The molecule has 0 aliphatic rings. The van der Waals surface area contributed by atoms with Crippen LogP contribution in [0.25, 0.3) is 0 Å². The SMILES string of the molecule is [B]B=BB=BB=BOCC. The van der Waals surface area contributed by atoms with E-state index < -0.39 is 0 Å². The van der Waals surface area contributed by atoms with Gasteiger partial charge < -0.3 is 0 Å². The molecular formula is C2H5B7O. The van der Waals surface area contributed by atoms with Crippen molar-refractivity contribution in [2.75, 3.05) is 6.61 Å². The summed E-state index contributed by atoms with van der Waals surface area (Å²) in [5.41, 5.74) is 0. The van der Waals surface area contributed by atoms with E-state index in [1.165, 1.54) is 6.69 Å². The van der Waals surface area contributed by atoms with Crippen LogP contribution in [0.5, 0.6) is 0 Å². The Morgan fingerprint density at radius 3 is 2.50 bits per heavy atom. The molecule has 0 aliphatic carbocycles. The van der Waals surface area contributed by atoms with Gasteiger partial charge in [-0.25, -0.2) is 0 Å². The molecule has 0 aromatic heterocycles. The van der Waals surface area contributed by atoms with Crippen molar-refractivity contribution in [3.8, 4) is 0 Å². The van der Waals surface area contributed by atoms with Crippen molar-refractivity contribution in [1.82, 2.24) is 0 Å². The molecule has 0 aliphatic heterocycles. The molecule has 2 radical (unpaired) electrons. The average Bonchev–Trinajstić information content (AvgIpc) is 1.97. The van der Waals surface area contributed by atoms with E-state index in [1.54, 1.807) is 13.7 Å². The van der Waals surface area contributed by atoms with Crippen LogP contribution in [0.15, 0.2) is 0 Å². The van der Waals surface area contributed by atoms with Crippen LogP contribution < -0.4 is 0 Å². The molecule has 0 fully saturated rings. The van der Waals surface area contributed by atoms with Gasteiger partial charge >= 0.3 is 66.4 Å². The molecule has 0 aromatic rings. The van der Waals surface area contributed by atoms with E-state index in [-0.39, 0.29) is 0 Å². The van der Waals surface area contributed by atoms with Crippen LogP contribution in [0.3, 0.4) is 0 Å². The van der Waals surface area contributed by atoms with Crippen molar-refractivity contribution in [2.24, 2.45) is 0 Å². The van der Waals surface area contributed by atoms with Gasteiger partial charge in [0.1, 0.15) is 0 Å². The first-order valence-electron chi connectivity index (χ1n) is 3.23. The Kier molecular flexibility index (Phi) is 9.49. The van der Waals surface area contributed by atoms with Crippen LogP contribution in [0.4, 0.5) is 0 Å². The molecule has 40 valence electrons. The predicted molar refractivity (Wildman–Crippen MR) is 51.9 cm³/mol. The van der Waals surface area contributed by atoms with Gasteiger partial charge in [-0.2, -0.15) is 0 Å². The first-order valence-corrected chi connectivity index (χ1v) is 3.23. The Balaban J connectivity index is 3.32. The van der Waals surface area contributed by atoms with Gasteiger partial charge in [0.15, 0.2) is 0 Å². The molecular weight excluding hydrogens is 116 g/mol. The van der Waals surface area contributed by atoms with Gasteiger partial charge in [-0.3, -0.25) is 0 Å². The minimum atomic E-state index is 0.705. The summed E-state index contributed by atoms with van der Waals surface area (Å²) in [4.78, 5) is 0. The van der Waals surface area contributed by atoms with Crippen LogP contribution >= 0.6 is 0 Å². The maximum atomic E-state index is 5.08.